The molecule has 1 N–H and O–H groups in total. The molecule has 6 heteroatoms. The molecule has 0 bridgehead atoms. The number of ether oxygens (including phenoxy) is 3. The van der Waals surface area contributed by atoms with Crippen LogP contribution < -0.4 is 14.2 Å². The molecule has 1 atom stereocenters. The molecule has 1 fully saturated rings. The molecular formula is C21H23NO5. The maximum atomic E-state index is 12.5. The van der Waals surface area contributed by atoms with Crippen molar-refractivity contribution in [3.8, 4) is 17.2 Å². The standard InChI is InChI=1S/C21H23NO5/c23-12-16-3-1-15(2-4-16)9-17-7-8-22(11-17)21(24)13-25-18-5-6-19-20(10-18)27-14-26-19/h1-6,10,17,23H,7-9,11-14H2. The predicted molar refractivity (Wildman–Crippen MR) is 98.8 cm³/mol. The average molecular weight is 369 g/mol. The van der Waals surface area contributed by atoms with Gasteiger partial charge in [-0.05, 0) is 42.0 Å². The molecule has 1 amide bonds. The van der Waals surface area contributed by atoms with E-state index < -0.39 is 0 Å². The Hall–Kier alpha value is -2.73. The summed E-state index contributed by atoms with van der Waals surface area (Å²) in [7, 11) is 0. The number of hydrogen-bond donors (Lipinski definition) is 1. The van der Waals surface area contributed by atoms with E-state index in [1.165, 1.54) is 5.56 Å². The van der Waals surface area contributed by atoms with Crippen LogP contribution in [0.2, 0.25) is 0 Å². The van der Waals surface area contributed by atoms with Crippen LogP contribution in [0.5, 0.6) is 17.2 Å². The maximum absolute atomic E-state index is 12.5. The van der Waals surface area contributed by atoms with Crippen molar-refractivity contribution in [3.63, 3.8) is 0 Å². The van der Waals surface area contributed by atoms with Gasteiger partial charge in [-0.1, -0.05) is 24.3 Å². The van der Waals surface area contributed by atoms with Gasteiger partial charge in [0.15, 0.2) is 18.1 Å². The number of rotatable bonds is 6. The molecule has 2 aliphatic rings. The lowest BCUT2D eigenvalue weighted by Crippen LogP contribution is -2.33. The highest BCUT2D eigenvalue weighted by Crippen LogP contribution is 2.35. The number of aliphatic hydroxyl groups is 1. The van der Waals surface area contributed by atoms with Gasteiger partial charge in [-0.3, -0.25) is 4.79 Å². The highest BCUT2D eigenvalue weighted by molar-refractivity contribution is 5.78. The Morgan fingerprint density at radius 2 is 1.89 bits per heavy atom. The molecule has 1 unspecified atom stereocenters. The van der Waals surface area contributed by atoms with Crippen molar-refractivity contribution in [2.45, 2.75) is 19.4 Å². The number of benzene rings is 2. The molecular weight excluding hydrogens is 346 g/mol. The molecule has 0 spiro atoms. The van der Waals surface area contributed by atoms with E-state index >= 15 is 0 Å². The first-order valence-corrected chi connectivity index (χ1v) is 9.20. The molecule has 1 saturated heterocycles. The van der Waals surface area contributed by atoms with Crippen LogP contribution in [0.25, 0.3) is 0 Å². The van der Waals surface area contributed by atoms with E-state index in [0.29, 0.717) is 23.2 Å². The zero-order chi connectivity index (χ0) is 18.6. The Balaban J connectivity index is 1.26. The smallest absolute Gasteiger partial charge is 0.260 e. The fourth-order valence-electron chi connectivity index (χ4n) is 3.54. The van der Waals surface area contributed by atoms with E-state index in [0.717, 1.165) is 31.5 Å². The van der Waals surface area contributed by atoms with Crippen LogP contribution in [-0.4, -0.2) is 42.4 Å². The average Bonchev–Trinajstić information content (AvgIpc) is 3.35. The van der Waals surface area contributed by atoms with Crippen molar-refractivity contribution in [3.05, 3.63) is 53.6 Å². The quantitative estimate of drug-likeness (QED) is 0.847. The Bertz CT molecular complexity index is 805. The summed E-state index contributed by atoms with van der Waals surface area (Å²) in [6.07, 6.45) is 1.94. The second kappa shape index (κ2) is 7.88. The number of carbonyl (C=O) groups is 1. The Morgan fingerprint density at radius 1 is 1.11 bits per heavy atom. The summed E-state index contributed by atoms with van der Waals surface area (Å²) < 4.78 is 16.2. The first-order valence-electron chi connectivity index (χ1n) is 9.20. The number of aliphatic hydroxyl groups excluding tert-OH is 1. The minimum absolute atomic E-state index is 0.00537. The number of likely N-dealkylation sites (tertiary alicyclic amines) is 1. The van der Waals surface area contributed by atoms with Crippen LogP contribution in [0.15, 0.2) is 42.5 Å². The van der Waals surface area contributed by atoms with Crippen LogP contribution >= 0.6 is 0 Å². The Kier molecular flexibility index (Phi) is 5.16. The molecule has 4 rings (SSSR count). The molecule has 142 valence electrons. The fourth-order valence-corrected chi connectivity index (χ4v) is 3.54. The van der Waals surface area contributed by atoms with E-state index in [2.05, 4.69) is 12.1 Å². The molecule has 6 nitrogen and oxygen atoms in total. The summed E-state index contributed by atoms with van der Waals surface area (Å²) in [5.41, 5.74) is 2.16. The topological polar surface area (TPSA) is 68.2 Å². The van der Waals surface area contributed by atoms with Crippen molar-refractivity contribution in [1.29, 1.82) is 0 Å². The molecule has 0 saturated carbocycles. The predicted octanol–water partition coefficient (Wildman–Crippen LogP) is 2.38. The first-order chi connectivity index (χ1) is 13.2. The van der Waals surface area contributed by atoms with Crippen molar-refractivity contribution in [2.75, 3.05) is 26.5 Å². The molecule has 0 aromatic heterocycles. The van der Waals surface area contributed by atoms with E-state index in [9.17, 15) is 4.79 Å². The second-order valence-electron chi connectivity index (χ2n) is 6.98. The van der Waals surface area contributed by atoms with Gasteiger partial charge in [0, 0.05) is 19.2 Å². The maximum Gasteiger partial charge on any atom is 0.260 e. The summed E-state index contributed by atoms with van der Waals surface area (Å²) in [6, 6.07) is 13.3. The Labute approximate surface area is 158 Å². The summed E-state index contributed by atoms with van der Waals surface area (Å²) >= 11 is 0. The van der Waals surface area contributed by atoms with E-state index in [1.54, 1.807) is 18.2 Å². The van der Waals surface area contributed by atoms with Crippen LogP contribution in [0.4, 0.5) is 0 Å². The third kappa shape index (κ3) is 4.17. The number of nitrogens with zero attached hydrogens (tertiary/aromatic N) is 1. The summed E-state index contributed by atoms with van der Waals surface area (Å²) in [4.78, 5) is 14.3. The summed E-state index contributed by atoms with van der Waals surface area (Å²) in [5, 5.41) is 9.12. The van der Waals surface area contributed by atoms with Crippen molar-refractivity contribution in [2.24, 2.45) is 5.92 Å². The van der Waals surface area contributed by atoms with Gasteiger partial charge in [0.2, 0.25) is 6.79 Å². The molecule has 27 heavy (non-hydrogen) atoms. The second-order valence-corrected chi connectivity index (χ2v) is 6.98. The Morgan fingerprint density at radius 3 is 2.70 bits per heavy atom. The first kappa shape index (κ1) is 17.7. The molecule has 2 aliphatic heterocycles. The third-order valence-corrected chi connectivity index (χ3v) is 5.07. The molecule has 2 aromatic carbocycles. The van der Waals surface area contributed by atoms with Crippen molar-refractivity contribution < 1.29 is 24.1 Å². The van der Waals surface area contributed by atoms with Crippen LogP contribution in [0.3, 0.4) is 0 Å². The van der Waals surface area contributed by atoms with Crippen LogP contribution in [0.1, 0.15) is 17.5 Å². The zero-order valence-corrected chi connectivity index (χ0v) is 15.1. The van der Waals surface area contributed by atoms with Crippen molar-refractivity contribution in [1.82, 2.24) is 4.90 Å². The van der Waals surface area contributed by atoms with Gasteiger partial charge in [0.1, 0.15) is 5.75 Å². The molecule has 0 aliphatic carbocycles. The fraction of sp³-hybridized carbons (Fsp3) is 0.381. The largest absolute Gasteiger partial charge is 0.484 e. The lowest BCUT2D eigenvalue weighted by atomic mass is 9.98. The van der Waals surface area contributed by atoms with E-state index in [4.69, 9.17) is 19.3 Å². The lowest BCUT2D eigenvalue weighted by molar-refractivity contribution is -0.132. The minimum Gasteiger partial charge on any atom is -0.484 e. The highest BCUT2D eigenvalue weighted by Gasteiger charge is 2.26. The third-order valence-electron chi connectivity index (χ3n) is 5.07. The van der Waals surface area contributed by atoms with Gasteiger partial charge >= 0.3 is 0 Å². The SMILES string of the molecule is O=C(COc1ccc2c(c1)OCO2)N1CCC(Cc2ccc(CO)cc2)C1. The minimum atomic E-state index is 0.00537. The highest BCUT2D eigenvalue weighted by atomic mass is 16.7. The van der Waals surface area contributed by atoms with Crippen LogP contribution in [0, 0.1) is 5.92 Å². The lowest BCUT2D eigenvalue weighted by Gasteiger charge is -2.17. The number of hydrogen-bond acceptors (Lipinski definition) is 5. The monoisotopic (exact) mass is 369 g/mol. The summed E-state index contributed by atoms with van der Waals surface area (Å²) in [5.74, 6) is 2.41. The molecule has 0 radical (unpaired) electrons. The van der Waals surface area contributed by atoms with Gasteiger partial charge in [-0.15, -0.1) is 0 Å². The number of fused-ring (bicyclic) bond motifs is 1. The van der Waals surface area contributed by atoms with E-state index in [1.807, 2.05) is 17.0 Å². The van der Waals surface area contributed by atoms with Crippen LogP contribution in [-0.2, 0) is 17.8 Å². The van der Waals surface area contributed by atoms with Crippen molar-refractivity contribution >= 4 is 5.91 Å². The van der Waals surface area contributed by atoms with Gasteiger partial charge in [0.05, 0.1) is 6.61 Å². The van der Waals surface area contributed by atoms with Gasteiger partial charge in [-0.2, -0.15) is 0 Å². The van der Waals surface area contributed by atoms with Gasteiger partial charge in [0.25, 0.3) is 5.91 Å². The molecule has 2 aromatic rings. The number of carbonyl (C=O) groups excluding carboxylic acids is 1. The molecule has 2 heterocycles. The van der Waals surface area contributed by atoms with Gasteiger partial charge < -0.3 is 24.2 Å². The normalized spacial score (nSPS) is 18.0. The van der Waals surface area contributed by atoms with E-state index in [-0.39, 0.29) is 25.9 Å². The van der Waals surface area contributed by atoms with Gasteiger partial charge in [-0.25, -0.2) is 0 Å². The summed E-state index contributed by atoms with van der Waals surface area (Å²) in [6.45, 7) is 1.83. The number of amides is 1. The zero-order valence-electron chi connectivity index (χ0n) is 15.1.